The number of phenols is 1. The number of carbonyl (C=O) groups excluding carboxylic acids is 1. The van der Waals surface area contributed by atoms with Gasteiger partial charge in [-0.2, -0.15) is 0 Å². The lowest BCUT2D eigenvalue weighted by Crippen LogP contribution is -2.11. The summed E-state index contributed by atoms with van der Waals surface area (Å²) in [5.41, 5.74) is 0.547. The monoisotopic (exact) mass is 292 g/mol. The predicted octanol–water partition coefficient (Wildman–Crippen LogP) is 3.21. The zero-order valence-electron chi connectivity index (χ0n) is 10.0. The van der Waals surface area contributed by atoms with Gasteiger partial charge in [-0.15, -0.1) is 0 Å². The molecule has 0 radical (unpaired) electrons. The van der Waals surface area contributed by atoms with Crippen LogP contribution in [0.5, 0.6) is 5.75 Å². The summed E-state index contributed by atoms with van der Waals surface area (Å²) in [4.78, 5) is 21.9. The number of aromatic hydroxyl groups is 1. The first-order valence-corrected chi connectivity index (χ1v) is 5.89. The van der Waals surface area contributed by atoms with Crippen molar-refractivity contribution in [2.24, 2.45) is 0 Å². The van der Waals surface area contributed by atoms with Gasteiger partial charge in [-0.25, -0.2) is 0 Å². The van der Waals surface area contributed by atoms with Crippen molar-refractivity contribution in [3.05, 3.63) is 63.2 Å². The van der Waals surface area contributed by atoms with Crippen LogP contribution in [0.1, 0.15) is 10.4 Å². The Balaban J connectivity index is 2.15. The van der Waals surface area contributed by atoms with Crippen molar-refractivity contribution in [1.29, 1.82) is 0 Å². The molecule has 2 aromatic carbocycles. The zero-order chi connectivity index (χ0) is 14.7. The fourth-order valence-corrected chi connectivity index (χ4v) is 1.65. The number of nitro benzene ring substituents is 1. The van der Waals surface area contributed by atoms with E-state index in [1.54, 1.807) is 0 Å². The summed E-state index contributed by atoms with van der Waals surface area (Å²) >= 11 is 5.65. The molecule has 2 aromatic rings. The van der Waals surface area contributed by atoms with Crippen LogP contribution in [0.3, 0.4) is 0 Å². The van der Waals surface area contributed by atoms with Crippen LogP contribution in [0.15, 0.2) is 42.5 Å². The number of anilines is 1. The molecule has 0 spiro atoms. The van der Waals surface area contributed by atoms with Crippen molar-refractivity contribution in [3.63, 3.8) is 0 Å². The van der Waals surface area contributed by atoms with Gasteiger partial charge in [0.1, 0.15) is 5.75 Å². The first-order valence-electron chi connectivity index (χ1n) is 5.51. The minimum absolute atomic E-state index is 0.0920. The molecule has 1 amide bonds. The molecular weight excluding hydrogens is 284 g/mol. The van der Waals surface area contributed by atoms with E-state index in [0.29, 0.717) is 5.69 Å². The molecule has 2 N–H and O–H groups in total. The number of nitrogens with one attached hydrogen (secondary N) is 1. The van der Waals surface area contributed by atoms with Crippen molar-refractivity contribution < 1.29 is 14.8 Å². The first kappa shape index (κ1) is 13.8. The molecule has 0 atom stereocenters. The van der Waals surface area contributed by atoms with E-state index in [-0.39, 0.29) is 22.0 Å². The van der Waals surface area contributed by atoms with Crippen LogP contribution in [0.2, 0.25) is 5.02 Å². The maximum absolute atomic E-state index is 11.9. The van der Waals surface area contributed by atoms with E-state index < -0.39 is 10.8 Å². The number of rotatable bonds is 3. The molecule has 0 aliphatic heterocycles. The summed E-state index contributed by atoms with van der Waals surface area (Å²) < 4.78 is 0. The fourth-order valence-electron chi connectivity index (χ4n) is 1.53. The van der Waals surface area contributed by atoms with Gasteiger partial charge in [-0.05, 0) is 24.3 Å². The van der Waals surface area contributed by atoms with Gasteiger partial charge >= 0.3 is 0 Å². The highest BCUT2D eigenvalue weighted by molar-refractivity contribution is 6.32. The van der Waals surface area contributed by atoms with Gasteiger partial charge in [-0.3, -0.25) is 14.9 Å². The van der Waals surface area contributed by atoms with Crippen molar-refractivity contribution in [1.82, 2.24) is 0 Å². The molecule has 2 rings (SSSR count). The minimum atomic E-state index is -0.543. The second-order valence-electron chi connectivity index (χ2n) is 3.92. The van der Waals surface area contributed by atoms with Gasteiger partial charge in [-0.1, -0.05) is 11.6 Å². The Bertz CT molecular complexity index is 671. The van der Waals surface area contributed by atoms with Crippen LogP contribution in [0.25, 0.3) is 0 Å². The Hall–Kier alpha value is -2.60. The zero-order valence-corrected chi connectivity index (χ0v) is 10.8. The summed E-state index contributed by atoms with van der Waals surface area (Å²) in [6.07, 6.45) is 0. The second kappa shape index (κ2) is 5.58. The molecular formula is C13H9ClN2O4. The third kappa shape index (κ3) is 3.04. The molecule has 0 aliphatic carbocycles. The van der Waals surface area contributed by atoms with Gasteiger partial charge in [0.2, 0.25) is 0 Å². The number of hydrogen-bond donors (Lipinski definition) is 2. The number of nitrogens with zero attached hydrogens (tertiary/aromatic N) is 1. The molecule has 6 nitrogen and oxygen atoms in total. The molecule has 0 aliphatic rings. The molecule has 0 unspecified atom stereocenters. The highest BCUT2D eigenvalue weighted by Crippen LogP contribution is 2.26. The standard InChI is InChI=1S/C13H9ClN2O4/c14-11-6-3-9(7-12(11)17)15-13(18)8-1-4-10(5-2-8)16(19)20/h1-7,17H,(H,15,18). The minimum Gasteiger partial charge on any atom is -0.506 e. The van der Waals surface area contributed by atoms with E-state index in [9.17, 15) is 20.0 Å². The number of non-ortho nitro benzene ring substituents is 1. The third-order valence-corrected chi connectivity index (χ3v) is 2.86. The second-order valence-corrected chi connectivity index (χ2v) is 4.33. The average Bonchev–Trinajstić information content (AvgIpc) is 2.43. The van der Waals surface area contributed by atoms with E-state index >= 15 is 0 Å². The summed E-state index contributed by atoms with van der Waals surface area (Å²) in [7, 11) is 0. The molecule has 0 heterocycles. The number of amides is 1. The van der Waals surface area contributed by atoms with Gasteiger partial charge in [0.05, 0.1) is 9.95 Å². The Labute approximate surface area is 118 Å². The van der Waals surface area contributed by atoms with Crippen LogP contribution >= 0.6 is 11.6 Å². The van der Waals surface area contributed by atoms with E-state index in [0.717, 1.165) is 0 Å². The van der Waals surface area contributed by atoms with Crippen molar-refractivity contribution in [3.8, 4) is 5.75 Å². The normalized spacial score (nSPS) is 10.1. The molecule has 102 valence electrons. The molecule has 0 fully saturated rings. The lowest BCUT2D eigenvalue weighted by molar-refractivity contribution is -0.384. The fraction of sp³-hybridized carbons (Fsp3) is 0. The number of hydrogen-bond acceptors (Lipinski definition) is 4. The van der Waals surface area contributed by atoms with Crippen LogP contribution in [0.4, 0.5) is 11.4 Å². The molecule has 0 bridgehead atoms. The smallest absolute Gasteiger partial charge is 0.269 e. The number of carbonyl (C=O) groups is 1. The van der Waals surface area contributed by atoms with Gasteiger partial charge < -0.3 is 10.4 Å². The Kier molecular flexibility index (Phi) is 3.86. The lowest BCUT2D eigenvalue weighted by atomic mass is 10.2. The molecule has 0 aromatic heterocycles. The maximum Gasteiger partial charge on any atom is 0.269 e. The van der Waals surface area contributed by atoms with E-state index in [4.69, 9.17) is 11.6 Å². The lowest BCUT2D eigenvalue weighted by Gasteiger charge is -2.06. The summed E-state index contributed by atoms with van der Waals surface area (Å²) in [5.74, 6) is -0.588. The van der Waals surface area contributed by atoms with Crippen molar-refractivity contribution in [2.45, 2.75) is 0 Å². The number of nitro groups is 1. The summed E-state index contributed by atoms with van der Waals surface area (Å²) in [5, 5.41) is 22.7. The average molecular weight is 293 g/mol. The summed E-state index contributed by atoms with van der Waals surface area (Å²) in [6, 6.07) is 9.48. The summed E-state index contributed by atoms with van der Waals surface area (Å²) in [6.45, 7) is 0. The van der Waals surface area contributed by atoms with Crippen LogP contribution in [-0.2, 0) is 0 Å². The highest BCUT2D eigenvalue weighted by atomic mass is 35.5. The predicted molar refractivity (Wildman–Crippen MR) is 74.2 cm³/mol. The first-order chi connectivity index (χ1) is 9.47. The van der Waals surface area contributed by atoms with Crippen LogP contribution in [-0.4, -0.2) is 15.9 Å². The third-order valence-electron chi connectivity index (χ3n) is 2.54. The van der Waals surface area contributed by atoms with Crippen molar-refractivity contribution in [2.75, 3.05) is 5.32 Å². The molecule has 0 saturated carbocycles. The quantitative estimate of drug-likeness (QED) is 0.671. The van der Waals surface area contributed by atoms with E-state index in [1.807, 2.05) is 0 Å². The highest BCUT2D eigenvalue weighted by Gasteiger charge is 2.10. The SMILES string of the molecule is O=C(Nc1ccc(Cl)c(O)c1)c1ccc([N+](=O)[O-])cc1. The van der Waals surface area contributed by atoms with E-state index in [1.165, 1.54) is 42.5 Å². The van der Waals surface area contributed by atoms with Crippen LogP contribution < -0.4 is 5.32 Å². The number of benzene rings is 2. The van der Waals surface area contributed by atoms with E-state index in [2.05, 4.69) is 5.32 Å². The van der Waals surface area contributed by atoms with Gasteiger partial charge in [0.25, 0.3) is 11.6 Å². The Morgan fingerprint density at radius 1 is 1.20 bits per heavy atom. The largest absolute Gasteiger partial charge is 0.506 e. The molecule has 0 saturated heterocycles. The molecule has 20 heavy (non-hydrogen) atoms. The topological polar surface area (TPSA) is 92.5 Å². The Morgan fingerprint density at radius 2 is 1.85 bits per heavy atom. The molecule has 7 heteroatoms. The maximum atomic E-state index is 11.9. The Morgan fingerprint density at radius 3 is 2.40 bits per heavy atom. The van der Waals surface area contributed by atoms with Crippen molar-refractivity contribution >= 4 is 28.9 Å². The van der Waals surface area contributed by atoms with Gasteiger partial charge in [0.15, 0.2) is 0 Å². The van der Waals surface area contributed by atoms with Crippen LogP contribution in [0, 0.1) is 10.1 Å². The number of halogens is 1. The van der Waals surface area contributed by atoms with Gasteiger partial charge in [0, 0.05) is 29.4 Å². The number of phenolic OH excluding ortho intramolecular Hbond substituents is 1.